The Bertz CT molecular complexity index is 1260. The van der Waals surface area contributed by atoms with E-state index in [-0.39, 0.29) is 29.7 Å². The molecule has 0 spiro atoms. The highest BCUT2D eigenvalue weighted by Crippen LogP contribution is 2.36. The Morgan fingerprint density at radius 3 is 2.43 bits per heavy atom. The summed E-state index contributed by atoms with van der Waals surface area (Å²) in [4.78, 5) is 23.6. The SMILES string of the molecule is C#CC.CC(C)c1coc(CNc2c(Nc3nsc(S(N)(=O)=O)c3O)c(=O)c2=O)c1. The number of furan rings is 1. The van der Waals surface area contributed by atoms with Crippen LogP contribution in [0.25, 0.3) is 0 Å². The average Bonchev–Trinajstić information content (AvgIpc) is 3.28. The zero-order valence-electron chi connectivity index (χ0n) is 16.3. The molecule has 0 saturated heterocycles. The lowest BCUT2D eigenvalue weighted by Crippen LogP contribution is -2.36. The molecule has 0 radical (unpaired) electrons. The minimum atomic E-state index is -4.16. The number of hydrogen-bond acceptors (Lipinski definition) is 10. The molecular weight excluding hydrogens is 432 g/mol. The summed E-state index contributed by atoms with van der Waals surface area (Å²) in [6.07, 6.45) is 6.21. The van der Waals surface area contributed by atoms with Crippen molar-refractivity contribution >= 4 is 38.7 Å². The summed E-state index contributed by atoms with van der Waals surface area (Å²) in [5.41, 5.74) is -0.693. The molecule has 2 aromatic heterocycles. The molecule has 0 aliphatic heterocycles. The van der Waals surface area contributed by atoms with Gasteiger partial charge in [-0.2, -0.15) is 4.37 Å². The van der Waals surface area contributed by atoms with Crippen LogP contribution in [0, 0.1) is 12.3 Å². The smallest absolute Gasteiger partial charge is 0.253 e. The first kappa shape index (κ1) is 23.1. The van der Waals surface area contributed by atoms with Gasteiger partial charge in [-0.25, -0.2) is 13.6 Å². The van der Waals surface area contributed by atoms with Crippen LogP contribution in [-0.4, -0.2) is 17.9 Å². The maximum Gasteiger partial charge on any atom is 0.253 e. The van der Waals surface area contributed by atoms with Crippen LogP contribution < -0.4 is 26.6 Å². The second-order valence-electron chi connectivity index (χ2n) is 6.39. The summed E-state index contributed by atoms with van der Waals surface area (Å²) >= 11 is 0.449. The Hall–Kier alpha value is -3.14. The van der Waals surface area contributed by atoms with Gasteiger partial charge in [-0.15, -0.1) is 12.3 Å². The zero-order valence-corrected chi connectivity index (χ0v) is 18.0. The summed E-state index contributed by atoms with van der Waals surface area (Å²) in [5, 5.41) is 20.1. The first-order valence-corrected chi connectivity index (χ1v) is 10.8. The lowest BCUT2D eigenvalue weighted by atomic mass is 10.1. The van der Waals surface area contributed by atoms with Gasteiger partial charge in [0.05, 0.1) is 12.8 Å². The fraction of sp³-hybridized carbons (Fsp3) is 0.278. The minimum Gasteiger partial charge on any atom is -0.503 e. The summed E-state index contributed by atoms with van der Waals surface area (Å²) in [7, 11) is -4.16. The lowest BCUT2D eigenvalue weighted by Gasteiger charge is -2.13. The van der Waals surface area contributed by atoms with E-state index in [1.807, 2.05) is 19.9 Å². The number of rotatable bonds is 7. The van der Waals surface area contributed by atoms with Crippen molar-refractivity contribution in [2.24, 2.45) is 5.14 Å². The number of terminal acetylenes is 1. The first-order valence-electron chi connectivity index (χ1n) is 8.51. The second kappa shape index (κ2) is 9.12. The molecule has 0 amide bonds. The van der Waals surface area contributed by atoms with Crippen LogP contribution >= 0.6 is 11.5 Å². The van der Waals surface area contributed by atoms with E-state index in [0.717, 1.165) is 5.56 Å². The Morgan fingerprint density at radius 1 is 1.33 bits per heavy atom. The fourth-order valence-corrected chi connectivity index (χ4v) is 3.69. The molecule has 30 heavy (non-hydrogen) atoms. The predicted molar refractivity (Wildman–Crippen MR) is 114 cm³/mol. The largest absolute Gasteiger partial charge is 0.503 e. The summed E-state index contributed by atoms with van der Waals surface area (Å²) in [6.45, 7) is 5.84. The third kappa shape index (κ3) is 4.88. The van der Waals surface area contributed by atoms with Gasteiger partial charge in [0.25, 0.3) is 20.9 Å². The molecular formula is C18H20N4O6S2. The van der Waals surface area contributed by atoms with Gasteiger partial charge in [0, 0.05) is 0 Å². The molecule has 5 N–H and O–H groups in total. The van der Waals surface area contributed by atoms with E-state index >= 15 is 0 Å². The Morgan fingerprint density at radius 2 is 1.93 bits per heavy atom. The van der Waals surface area contributed by atoms with Gasteiger partial charge in [0.15, 0.2) is 15.8 Å². The highest BCUT2D eigenvalue weighted by molar-refractivity contribution is 7.91. The van der Waals surface area contributed by atoms with Crippen LogP contribution in [-0.2, 0) is 16.6 Å². The van der Waals surface area contributed by atoms with Crippen molar-refractivity contribution in [3.05, 3.63) is 44.1 Å². The molecule has 12 heteroatoms. The predicted octanol–water partition coefficient (Wildman–Crippen LogP) is 1.80. The van der Waals surface area contributed by atoms with Gasteiger partial charge >= 0.3 is 0 Å². The molecule has 0 unspecified atom stereocenters. The molecule has 160 valence electrons. The molecule has 0 saturated carbocycles. The van der Waals surface area contributed by atoms with Crippen molar-refractivity contribution in [1.29, 1.82) is 0 Å². The van der Waals surface area contributed by atoms with Crippen molar-refractivity contribution in [2.45, 2.75) is 37.4 Å². The lowest BCUT2D eigenvalue weighted by molar-refractivity contribution is 0.465. The van der Waals surface area contributed by atoms with Crippen molar-refractivity contribution in [3.63, 3.8) is 0 Å². The average molecular weight is 453 g/mol. The third-order valence-corrected chi connectivity index (χ3v) is 6.09. The second-order valence-corrected chi connectivity index (χ2v) is 8.92. The number of anilines is 3. The normalized spacial score (nSPS) is 11.1. The van der Waals surface area contributed by atoms with Gasteiger partial charge in [0.1, 0.15) is 17.1 Å². The number of aromatic hydroxyl groups is 1. The zero-order chi connectivity index (χ0) is 22.6. The number of hydrogen-bond donors (Lipinski definition) is 4. The molecule has 0 fully saturated rings. The van der Waals surface area contributed by atoms with Crippen LogP contribution in [0.5, 0.6) is 5.75 Å². The minimum absolute atomic E-state index is 0.00736. The molecule has 3 aromatic rings. The number of nitrogens with zero attached hydrogens (tertiary/aromatic N) is 1. The molecule has 10 nitrogen and oxygen atoms in total. The van der Waals surface area contributed by atoms with E-state index in [4.69, 9.17) is 9.56 Å². The van der Waals surface area contributed by atoms with E-state index in [9.17, 15) is 23.1 Å². The number of nitrogens with one attached hydrogen (secondary N) is 2. The van der Waals surface area contributed by atoms with Crippen molar-refractivity contribution in [1.82, 2.24) is 4.37 Å². The van der Waals surface area contributed by atoms with Gasteiger partial charge in [-0.05, 0) is 36.0 Å². The van der Waals surface area contributed by atoms with E-state index in [1.54, 1.807) is 13.2 Å². The van der Waals surface area contributed by atoms with Crippen LogP contribution in [0.1, 0.15) is 38.0 Å². The van der Waals surface area contributed by atoms with E-state index < -0.39 is 30.8 Å². The molecule has 0 atom stereocenters. The molecule has 2 heterocycles. The van der Waals surface area contributed by atoms with E-state index in [2.05, 4.69) is 27.4 Å². The topological polar surface area (TPSA) is 165 Å². The summed E-state index contributed by atoms with van der Waals surface area (Å²) in [5.74, 6) is 2.12. The van der Waals surface area contributed by atoms with E-state index in [0.29, 0.717) is 17.3 Å². The Kier molecular flexibility index (Phi) is 7.04. The molecule has 3 rings (SSSR count). The van der Waals surface area contributed by atoms with Gasteiger partial charge in [0.2, 0.25) is 0 Å². The summed E-state index contributed by atoms with van der Waals surface area (Å²) in [6, 6.07) is 1.83. The van der Waals surface area contributed by atoms with Gasteiger partial charge < -0.3 is 20.2 Å². The van der Waals surface area contributed by atoms with Crippen LogP contribution in [0.3, 0.4) is 0 Å². The third-order valence-electron chi connectivity index (χ3n) is 3.83. The Balaban J connectivity index is 0.00000101. The summed E-state index contributed by atoms with van der Waals surface area (Å²) < 4.78 is 31.2. The highest BCUT2D eigenvalue weighted by atomic mass is 32.2. The Labute approximate surface area is 176 Å². The maximum absolute atomic E-state index is 11.8. The molecule has 0 aliphatic carbocycles. The van der Waals surface area contributed by atoms with Crippen molar-refractivity contribution in [3.8, 4) is 18.1 Å². The first-order chi connectivity index (χ1) is 14.0. The van der Waals surface area contributed by atoms with E-state index in [1.165, 1.54) is 0 Å². The van der Waals surface area contributed by atoms with Crippen LogP contribution in [0.4, 0.5) is 17.2 Å². The highest BCUT2D eigenvalue weighted by Gasteiger charge is 2.26. The number of nitrogens with two attached hydrogens (primary N) is 1. The fourth-order valence-electron chi connectivity index (χ4n) is 2.31. The van der Waals surface area contributed by atoms with Crippen molar-refractivity contribution in [2.75, 3.05) is 10.6 Å². The molecule has 0 bridgehead atoms. The monoisotopic (exact) mass is 452 g/mol. The van der Waals surface area contributed by atoms with Gasteiger partial charge in [-0.3, -0.25) is 9.59 Å². The maximum atomic E-state index is 11.8. The van der Waals surface area contributed by atoms with Crippen LogP contribution in [0.2, 0.25) is 0 Å². The van der Waals surface area contributed by atoms with Crippen molar-refractivity contribution < 1.29 is 17.9 Å². The molecule has 0 aliphatic rings. The number of primary sulfonamides is 1. The van der Waals surface area contributed by atoms with Crippen LogP contribution in [0.15, 0.2) is 30.5 Å². The standard InChI is InChI=1S/C15H16N4O6S2.C3H4/c1-6(2)7-3-8(25-5-7)4-17-9-10(12(21)11(9)20)18-14-13(22)15(26-19-14)27(16,23)24;1-3-2/h3,5-6,17,22H,4H2,1-2H3,(H,18,19)(H2,16,23,24);1H,2H3. The number of aromatic nitrogens is 1. The quantitative estimate of drug-likeness (QED) is 0.309. The van der Waals surface area contributed by atoms with Gasteiger partial charge in [-0.1, -0.05) is 13.8 Å². The molecule has 1 aromatic carbocycles. The number of sulfonamides is 1.